The van der Waals surface area contributed by atoms with Gasteiger partial charge in [0.2, 0.25) is 0 Å². The molecule has 0 aromatic carbocycles. The van der Waals surface area contributed by atoms with Crippen molar-refractivity contribution in [1.82, 2.24) is 4.98 Å². The molecule has 0 spiro atoms. The Morgan fingerprint density at radius 1 is 1.50 bits per heavy atom. The number of nitrogen functional groups attached to an aromatic ring is 1. The monoisotopic (exact) mass is 241 g/mol. The number of nitrogens with one attached hydrogen (secondary N) is 1. The summed E-state index contributed by atoms with van der Waals surface area (Å²) in [6.07, 6.45) is 2.13. The van der Waals surface area contributed by atoms with E-state index in [0.29, 0.717) is 12.5 Å². The number of methoxy groups -OCH3 is 1. The van der Waals surface area contributed by atoms with Crippen LogP contribution in [0.3, 0.4) is 0 Å². The molecular weight excluding hydrogens is 222 g/mol. The maximum Gasteiger partial charge on any atom is 0.135 e. The highest BCUT2D eigenvalue weighted by Gasteiger charge is 2.18. The van der Waals surface area contributed by atoms with Gasteiger partial charge in [-0.05, 0) is 12.8 Å². The zero-order valence-corrected chi connectivity index (χ0v) is 10.9. The number of ether oxygens (including phenoxy) is 1. The maximum atomic E-state index is 7.52. The van der Waals surface area contributed by atoms with Crippen molar-refractivity contribution in [2.24, 2.45) is 5.73 Å². The number of nitrogens with two attached hydrogens (primary N) is 1. The van der Waals surface area contributed by atoms with Gasteiger partial charge in [0.1, 0.15) is 5.84 Å². The van der Waals surface area contributed by atoms with Crippen molar-refractivity contribution in [3.05, 3.63) is 15.6 Å². The summed E-state index contributed by atoms with van der Waals surface area (Å²) >= 11 is 1.52. The first-order valence-electron chi connectivity index (χ1n) is 5.46. The molecule has 0 radical (unpaired) electrons. The molecule has 0 aliphatic carbocycles. The summed E-state index contributed by atoms with van der Waals surface area (Å²) < 4.78 is 5.07. The lowest BCUT2D eigenvalue weighted by molar-refractivity contribution is 0.181. The van der Waals surface area contributed by atoms with Crippen LogP contribution in [0.2, 0.25) is 0 Å². The van der Waals surface area contributed by atoms with Crippen molar-refractivity contribution < 1.29 is 4.74 Å². The number of aromatic nitrogens is 1. The Balaban J connectivity index is 3.04. The molecule has 3 N–H and O–H groups in total. The second-order valence-electron chi connectivity index (χ2n) is 3.69. The number of thiazole rings is 1. The number of hydrogen-bond donors (Lipinski definition) is 2. The summed E-state index contributed by atoms with van der Waals surface area (Å²) in [7, 11) is 1.63. The first-order chi connectivity index (χ1) is 7.63. The van der Waals surface area contributed by atoms with E-state index in [1.165, 1.54) is 11.3 Å². The van der Waals surface area contributed by atoms with Crippen LogP contribution in [0.4, 0.5) is 0 Å². The van der Waals surface area contributed by atoms with Gasteiger partial charge in [-0.3, -0.25) is 5.41 Å². The van der Waals surface area contributed by atoms with Crippen molar-refractivity contribution in [3.8, 4) is 0 Å². The summed E-state index contributed by atoms with van der Waals surface area (Å²) in [4.78, 5) is 5.29. The SMILES string of the molecule is CCC(CC)c1nc(COC)c(C(=N)N)s1. The fourth-order valence-electron chi connectivity index (χ4n) is 1.63. The molecule has 4 nitrogen and oxygen atoms in total. The molecule has 1 aromatic heterocycles. The van der Waals surface area contributed by atoms with E-state index in [1.54, 1.807) is 7.11 Å². The molecule has 0 saturated carbocycles. The highest BCUT2D eigenvalue weighted by atomic mass is 32.1. The molecule has 1 rings (SSSR count). The van der Waals surface area contributed by atoms with Gasteiger partial charge in [0, 0.05) is 13.0 Å². The number of nitrogens with zero attached hydrogens (tertiary/aromatic N) is 1. The van der Waals surface area contributed by atoms with Crippen LogP contribution < -0.4 is 5.73 Å². The summed E-state index contributed by atoms with van der Waals surface area (Å²) in [5.41, 5.74) is 6.33. The number of hydrogen-bond acceptors (Lipinski definition) is 4. The van der Waals surface area contributed by atoms with Crippen molar-refractivity contribution in [3.63, 3.8) is 0 Å². The zero-order chi connectivity index (χ0) is 12.1. The molecule has 0 amide bonds. The van der Waals surface area contributed by atoms with E-state index in [9.17, 15) is 0 Å². The van der Waals surface area contributed by atoms with Gasteiger partial charge in [-0.1, -0.05) is 13.8 Å². The zero-order valence-electron chi connectivity index (χ0n) is 10.0. The Hall–Kier alpha value is -0.940. The summed E-state index contributed by atoms with van der Waals surface area (Å²) in [5, 5.41) is 8.59. The molecule has 1 heterocycles. The Morgan fingerprint density at radius 3 is 2.56 bits per heavy atom. The molecule has 90 valence electrons. The minimum Gasteiger partial charge on any atom is -0.383 e. The second-order valence-corrected chi connectivity index (χ2v) is 4.72. The molecule has 1 aromatic rings. The third-order valence-electron chi connectivity index (χ3n) is 2.57. The normalized spacial score (nSPS) is 11.0. The van der Waals surface area contributed by atoms with Crippen LogP contribution in [0.25, 0.3) is 0 Å². The molecule has 0 aliphatic rings. The average molecular weight is 241 g/mol. The summed E-state index contributed by atoms with van der Waals surface area (Å²) in [6.45, 7) is 4.73. The minimum atomic E-state index is 0.0850. The third kappa shape index (κ3) is 2.80. The number of amidine groups is 1. The van der Waals surface area contributed by atoms with Gasteiger partial charge in [-0.2, -0.15) is 0 Å². The van der Waals surface area contributed by atoms with Gasteiger partial charge in [0.15, 0.2) is 0 Å². The summed E-state index contributed by atoms with van der Waals surface area (Å²) in [5.74, 6) is 0.551. The molecule has 0 atom stereocenters. The van der Waals surface area contributed by atoms with Crippen molar-refractivity contribution in [2.75, 3.05) is 7.11 Å². The van der Waals surface area contributed by atoms with E-state index in [4.69, 9.17) is 15.9 Å². The Bertz CT molecular complexity index is 358. The van der Waals surface area contributed by atoms with Crippen LogP contribution in [-0.2, 0) is 11.3 Å². The van der Waals surface area contributed by atoms with E-state index in [0.717, 1.165) is 28.4 Å². The van der Waals surface area contributed by atoms with Gasteiger partial charge < -0.3 is 10.5 Å². The van der Waals surface area contributed by atoms with Crippen LogP contribution in [0.15, 0.2) is 0 Å². The third-order valence-corrected chi connectivity index (χ3v) is 3.87. The molecule has 0 fully saturated rings. The Labute approximate surface area is 100 Å². The van der Waals surface area contributed by atoms with Gasteiger partial charge >= 0.3 is 0 Å². The molecule has 0 bridgehead atoms. The molecular formula is C11H19N3OS. The quantitative estimate of drug-likeness (QED) is 0.593. The first kappa shape index (κ1) is 13.1. The van der Waals surface area contributed by atoms with Crippen LogP contribution in [0.1, 0.15) is 48.2 Å². The van der Waals surface area contributed by atoms with Crippen LogP contribution in [0.5, 0.6) is 0 Å². The van der Waals surface area contributed by atoms with Crippen molar-refractivity contribution in [1.29, 1.82) is 5.41 Å². The fraction of sp³-hybridized carbons (Fsp3) is 0.636. The topological polar surface area (TPSA) is 72.0 Å². The average Bonchev–Trinajstić information content (AvgIpc) is 2.65. The molecule has 0 unspecified atom stereocenters. The number of rotatable bonds is 6. The van der Waals surface area contributed by atoms with E-state index in [-0.39, 0.29) is 5.84 Å². The highest BCUT2D eigenvalue weighted by molar-refractivity contribution is 7.13. The predicted molar refractivity (Wildman–Crippen MR) is 67.2 cm³/mol. The Kier molecular flexibility index (Phi) is 4.89. The van der Waals surface area contributed by atoms with E-state index in [2.05, 4.69) is 18.8 Å². The minimum absolute atomic E-state index is 0.0850. The lowest BCUT2D eigenvalue weighted by Crippen LogP contribution is -2.11. The van der Waals surface area contributed by atoms with E-state index < -0.39 is 0 Å². The lowest BCUT2D eigenvalue weighted by atomic mass is 10.1. The lowest BCUT2D eigenvalue weighted by Gasteiger charge is -2.06. The van der Waals surface area contributed by atoms with Crippen LogP contribution >= 0.6 is 11.3 Å². The van der Waals surface area contributed by atoms with Gasteiger partial charge in [0.05, 0.1) is 22.2 Å². The molecule has 0 aliphatic heterocycles. The molecule has 0 saturated heterocycles. The predicted octanol–water partition coefficient (Wildman–Crippen LogP) is 2.48. The highest BCUT2D eigenvalue weighted by Crippen LogP contribution is 2.29. The van der Waals surface area contributed by atoms with Gasteiger partial charge in [-0.15, -0.1) is 11.3 Å². The first-order valence-corrected chi connectivity index (χ1v) is 6.28. The fourth-order valence-corrected chi connectivity index (χ4v) is 2.82. The Morgan fingerprint density at radius 2 is 2.12 bits per heavy atom. The standard InChI is InChI=1S/C11H19N3OS/c1-4-7(5-2)11-14-8(6-15-3)9(16-11)10(12)13/h7H,4-6H2,1-3H3,(H3,12,13). The smallest absolute Gasteiger partial charge is 0.135 e. The molecule has 16 heavy (non-hydrogen) atoms. The van der Waals surface area contributed by atoms with Gasteiger partial charge in [0.25, 0.3) is 0 Å². The van der Waals surface area contributed by atoms with Gasteiger partial charge in [-0.25, -0.2) is 4.98 Å². The van der Waals surface area contributed by atoms with Crippen LogP contribution in [-0.4, -0.2) is 17.9 Å². The van der Waals surface area contributed by atoms with Crippen molar-refractivity contribution >= 4 is 17.2 Å². The van der Waals surface area contributed by atoms with E-state index >= 15 is 0 Å². The largest absolute Gasteiger partial charge is 0.383 e. The molecule has 5 heteroatoms. The van der Waals surface area contributed by atoms with Crippen LogP contribution in [0, 0.1) is 5.41 Å². The maximum absolute atomic E-state index is 7.52. The van der Waals surface area contributed by atoms with Crippen molar-refractivity contribution in [2.45, 2.75) is 39.2 Å². The summed E-state index contributed by atoms with van der Waals surface area (Å²) in [6, 6.07) is 0. The second kappa shape index (κ2) is 5.96. The van der Waals surface area contributed by atoms with E-state index in [1.807, 2.05) is 0 Å².